The van der Waals surface area contributed by atoms with E-state index in [1.165, 1.54) is 0 Å². The molecule has 0 radical (unpaired) electrons. The van der Waals surface area contributed by atoms with Gasteiger partial charge in [-0.2, -0.15) is 4.98 Å². The highest BCUT2D eigenvalue weighted by atomic mass is 16.5. The second-order valence-corrected chi connectivity index (χ2v) is 5.42. The molecule has 1 saturated heterocycles. The summed E-state index contributed by atoms with van der Waals surface area (Å²) in [7, 11) is 0. The summed E-state index contributed by atoms with van der Waals surface area (Å²) >= 11 is 0. The Balaban J connectivity index is 1.99. The Hall–Kier alpha value is -1.47. The van der Waals surface area contributed by atoms with Gasteiger partial charge in [-0.3, -0.25) is 4.79 Å². The lowest BCUT2D eigenvalue weighted by Crippen LogP contribution is -2.44. The highest BCUT2D eigenvalue weighted by Crippen LogP contribution is 2.21. The second-order valence-electron chi connectivity index (χ2n) is 5.42. The number of nitrogens with zero attached hydrogens (tertiary/aromatic N) is 2. The Morgan fingerprint density at radius 1 is 1.63 bits per heavy atom. The molecule has 7 nitrogen and oxygen atoms in total. The van der Waals surface area contributed by atoms with E-state index in [0.717, 1.165) is 19.4 Å². The number of hydrogen-bond donors (Lipinski definition) is 3. The molecule has 1 aliphatic rings. The Bertz CT molecular complexity index is 438. The molecule has 0 bridgehead atoms. The van der Waals surface area contributed by atoms with E-state index in [2.05, 4.69) is 20.8 Å². The van der Waals surface area contributed by atoms with Gasteiger partial charge in [0.1, 0.15) is 0 Å². The minimum atomic E-state index is -0.502. The van der Waals surface area contributed by atoms with E-state index in [4.69, 9.17) is 9.63 Å². The van der Waals surface area contributed by atoms with Crippen LogP contribution < -0.4 is 10.6 Å². The van der Waals surface area contributed by atoms with Crippen molar-refractivity contribution in [3.05, 3.63) is 11.7 Å². The van der Waals surface area contributed by atoms with Crippen LogP contribution in [0.25, 0.3) is 0 Å². The molecule has 1 aromatic rings. The number of aliphatic hydroxyl groups excluding tert-OH is 1. The van der Waals surface area contributed by atoms with E-state index in [-0.39, 0.29) is 24.4 Å². The summed E-state index contributed by atoms with van der Waals surface area (Å²) in [5.74, 6) is 0.115. The van der Waals surface area contributed by atoms with Crippen LogP contribution in [-0.4, -0.2) is 39.8 Å². The fraction of sp³-hybridized carbons (Fsp3) is 0.750. The van der Waals surface area contributed by atoms with Gasteiger partial charge in [-0.1, -0.05) is 5.16 Å². The average molecular weight is 268 g/mol. The molecular weight excluding hydrogens is 248 g/mol. The van der Waals surface area contributed by atoms with Crippen LogP contribution in [0.1, 0.15) is 55.7 Å². The number of hydrogen-bond acceptors (Lipinski definition) is 6. The highest BCUT2D eigenvalue weighted by Gasteiger charge is 2.27. The third-order valence-electron chi connectivity index (χ3n) is 3.19. The van der Waals surface area contributed by atoms with Gasteiger partial charge in [0, 0.05) is 12.1 Å². The molecule has 0 aliphatic carbocycles. The summed E-state index contributed by atoms with van der Waals surface area (Å²) in [5, 5.41) is 18.6. The minimum Gasteiger partial charge on any atom is -0.396 e. The van der Waals surface area contributed by atoms with Crippen LogP contribution >= 0.6 is 0 Å². The van der Waals surface area contributed by atoms with Crippen molar-refractivity contribution in [1.82, 2.24) is 20.8 Å². The van der Waals surface area contributed by atoms with Gasteiger partial charge < -0.3 is 20.3 Å². The first kappa shape index (κ1) is 14.0. The molecule has 1 atom stereocenters. The van der Waals surface area contributed by atoms with Crippen LogP contribution in [0.4, 0.5) is 0 Å². The Kier molecular flexibility index (Phi) is 4.16. The molecule has 2 heterocycles. The molecule has 2 rings (SSSR count). The van der Waals surface area contributed by atoms with Gasteiger partial charge in [0.15, 0.2) is 0 Å². The van der Waals surface area contributed by atoms with Crippen LogP contribution in [0, 0.1) is 0 Å². The van der Waals surface area contributed by atoms with Gasteiger partial charge >= 0.3 is 0 Å². The number of carbonyl (C=O) groups excluding carboxylic acids is 1. The topological polar surface area (TPSA) is 100 Å². The van der Waals surface area contributed by atoms with Gasteiger partial charge in [-0.15, -0.1) is 0 Å². The number of amides is 1. The van der Waals surface area contributed by atoms with E-state index in [9.17, 15) is 4.79 Å². The Labute approximate surface area is 111 Å². The first-order chi connectivity index (χ1) is 9.02. The molecule has 106 valence electrons. The van der Waals surface area contributed by atoms with Crippen LogP contribution in [0.15, 0.2) is 4.52 Å². The van der Waals surface area contributed by atoms with Crippen molar-refractivity contribution in [1.29, 1.82) is 0 Å². The predicted molar refractivity (Wildman–Crippen MR) is 67.5 cm³/mol. The molecule has 7 heteroatoms. The minimum absolute atomic E-state index is 0.0107. The van der Waals surface area contributed by atoms with Crippen molar-refractivity contribution in [3.8, 4) is 0 Å². The largest absolute Gasteiger partial charge is 0.396 e. The van der Waals surface area contributed by atoms with Crippen molar-refractivity contribution in [3.63, 3.8) is 0 Å². The van der Waals surface area contributed by atoms with Gasteiger partial charge in [0.2, 0.25) is 5.89 Å². The third kappa shape index (κ3) is 3.51. The van der Waals surface area contributed by atoms with E-state index < -0.39 is 5.54 Å². The summed E-state index contributed by atoms with van der Waals surface area (Å²) in [4.78, 5) is 16.1. The lowest BCUT2D eigenvalue weighted by atomic mass is 10.0. The molecule has 1 aliphatic heterocycles. The maximum Gasteiger partial charge on any atom is 0.293 e. The van der Waals surface area contributed by atoms with E-state index in [1.54, 1.807) is 0 Å². The maximum atomic E-state index is 12.0. The van der Waals surface area contributed by atoms with Crippen molar-refractivity contribution in [2.24, 2.45) is 0 Å². The zero-order valence-electron chi connectivity index (χ0n) is 11.3. The monoisotopic (exact) mass is 268 g/mol. The molecule has 1 unspecified atom stereocenters. The SMILES string of the molecule is CC(C)(CCO)NC(=O)c1noc(C2CCCN2)n1. The second kappa shape index (κ2) is 5.66. The number of aromatic nitrogens is 2. The fourth-order valence-corrected chi connectivity index (χ4v) is 2.07. The van der Waals surface area contributed by atoms with Crippen LogP contribution in [-0.2, 0) is 0 Å². The fourth-order valence-electron chi connectivity index (χ4n) is 2.07. The first-order valence-electron chi connectivity index (χ1n) is 6.52. The van der Waals surface area contributed by atoms with Crippen LogP contribution in [0.3, 0.4) is 0 Å². The molecule has 1 fully saturated rings. The van der Waals surface area contributed by atoms with Gasteiger partial charge in [0.05, 0.1) is 6.04 Å². The number of carbonyl (C=O) groups is 1. The molecule has 0 aromatic carbocycles. The van der Waals surface area contributed by atoms with Crippen molar-refractivity contribution < 1.29 is 14.4 Å². The van der Waals surface area contributed by atoms with Gasteiger partial charge in [-0.05, 0) is 39.7 Å². The summed E-state index contributed by atoms with van der Waals surface area (Å²) in [6.45, 7) is 4.61. The maximum absolute atomic E-state index is 12.0. The summed E-state index contributed by atoms with van der Waals surface area (Å²) < 4.78 is 5.11. The van der Waals surface area contributed by atoms with Crippen molar-refractivity contribution >= 4 is 5.91 Å². The van der Waals surface area contributed by atoms with E-state index in [1.807, 2.05) is 13.8 Å². The third-order valence-corrected chi connectivity index (χ3v) is 3.19. The quantitative estimate of drug-likeness (QED) is 0.714. The van der Waals surface area contributed by atoms with Crippen LogP contribution in [0.5, 0.6) is 0 Å². The van der Waals surface area contributed by atoms with Crippen molar-refractivity contribution in [2.75, 3.05) is 13.2 Å². The van der Waals surface area contributed by atoms with E-state index >= 15 is 0 Å². The molecule has 1 aromatic heterocycles. The summed E-state index contributed by atoms with van der Waals surface area (Å²) in [6, 6.07) is 0.0551. The van der Waals surface area contributed by atoms with Crippen molar-refractivity contribution in [2.45, 2.75) is 44.7 Å². The summed E-state index contributed by atoms with van der Waals surface area (Å²) in [5.41, 5.74) is -0.502. The van der Waals surface area contributed by atoms with Gasteiger partial charge in [0.25, 0.3) is 11.7 Å². The lowest BCUT2D eigenvalue weighted by molar-refractivity contribution is 0.0885. The molecule has 0 saturated carbocycles. The molecule has 1 amide bonds. The first-order valence-corrected chi connectivity index (χ1v) is 6.52. The smallest absolute Gasteiger partial charge is 0.293 e. The lowest BCUT2D eigenvalue weighted by Gasteiger charge is -2.24. The number of nitrogens with one attached hydrogen (secondary N) is 2. The molecular formula is C12H20N4O3. The predicted octanol–water partition coefficient (Wildman–Crippen LogP) is 0.385. The summed E-state index contributed by atoms with van der Waals surface area (Å²) in [6.07, 6.45) is 2.48. The molecule has 19 heavy (non-hydrogen) atoms. The molecule has 0 spiro atoms. The zero-order valence-corrected chi connectivity index (χ0v) is 11.3. The van der Waals surface area contributed by atoms with Crippen LogP contribution in [0.2, 0.25) is 0 Å². The number of aliphatic hydroxyl groups is 1. The molecule has 3 N–H and O–H groups in total. The van der Waals surface area contributed by atoms with Gasteiger partial charge in [-0.25, -0.2) is 0 Å². The Morgan fingerprint density at radius 2 is 2.42 bits per heavy atom. The Morgan fingerprint density at radius 3 is 3.05 bits per heavy atom. The normalized spacial score (nSPS) is 19.6. The van der Waals surface area contributed by atoms with E-state index in [0.29, 0.717) is 12.3 Å². The zero-order chi connectivity index (χ0) is 13.9. The number of rotatable bonds is 5. The highest BCUT2D eigenvalue weighted by molar-refractivity contribution is 5.90. The average Bonchev–Trinajstić information content (AvgIpc) is 2.99. The standard InChI is InChI=1S/C12H20N4O3/c1-12(2,5-7-17)15-10(18)9-14-11(19-16-9)8-4-3-6-13-8/h8,13,17H,3-7H2,1-2H3,(H,15,18).